The lowest BCUT2D eigenvalue weighted by Gasteiger charge is -2.10. The van der Waals surface area contributed by atoms with Gasteiger partial charge >= 0.3 is 0 Å². The lowest BCUT2D eigenvalue weighted by atomic mass is 10.2. The van der Waals surface area contributed by atoms with Crippen LogP contribution in [0.2, 0.25) is 0 Å². The lowest BCUT2D eigenvalue weighted by molar-refractivity contribution is 0.417. The predicted octanol–water partition coefficient (Wildman–Crippen LogP) is 3.74. The van der Waals surface area contributed by atoms with Crippen molar-refractivity contribution in [2.45, 2.75) is 4.90 Å². The zero-order chi connectivity index (χ0) is 13.0. The van der Waals surface area contributed by atoms with Crippen molar-refractivity contribution in [3.8, 4) is 5.75 Å². The van der Waals surface area contributed by atoms with Crippen LogP contribution in [-0.2, 0) is 0 Å². The quantitative estimate of drug-likeness (QED) is 0.649. The molecule has 2 rings (SSSR count). The number of benzene rings is 2. The van der Waals surface area contributed by atoms with E-state index in [1.165, 1.54) is 4.90 Å². The minimum atomic E-state index is 0.640. The summed E-state index contributed by atoms with van der Waals surface area (Å²) in [6.07, 6.45) is 2.06. The van der Waals surface area contributed by atoms with Gasteiger partial charge in [-0.1, -0.05) is 6.07 Å². The highest BCUT2D eigenvalue weighted by Crippen LogP contribution is 2.28. The van der Waals surface area contributed by atoms with E-state index in [2.05, 4.69) is 23.7 Å². The summed E-state index contributed by atoms with van der Waals surface area (Å²) in [6.45, 7) is 0. The van der Waals surface area contributed by atoms with E-state index in [-0.39, 0.29) is 0 Å². The molecule has 0 radical (unpaired) electrons. The SMILES string of the molecule is COc1cc(Nc2cccc(SC)c2)ccc1N. The van der Waals surface area contributed by atoms with Gasteiger partial charge in [0.2, 0.25) is 0 Å². The minimum absolute atomic E-state index is 0.640. The van der Waals surface area contributed by atoms with Crippen LogP contribution in [-0.4, -0.2) is 13.4 Å². The third-order valence-corrected chi connectivity index (χ3v) is 3.32. The third kappa shape index (κ3) is 2.90. The van der Waals surface area contributed by atoms with Crippen LogP contribution >= 0.6 is 11.8 Å². The number of nitrogens with one attached hydrogen (secondary N) is 1. The summed E-state index contributed by atoms with van der Waals surface area (Å²) in [5, 5.41) is 3.33. The molecule has 4 heteroatoms. The largest absolute Gasteiger partial charge is 0.495 e. The summed E-state index contributed by atoms with van der Waals surface area (Å²) in [5.74, 6) is 0.682. The van der Waals surface area contributed by atoms with Crippen molar-refractivity contribution in [1.82, 2.24) is 0 Å². The standard InChI is InChI=1S/C14H16N2OS/c1-17-14-9-11(6-7-13(14)15)16-10-4-3-5-12(8-10)18-2/h3-9,16H,15H2,1-2H3. The van der Waals surface area contributed by atoms with Crippen molar-refractivity contribution in [2.24, 2.45) is 0 Å². The molecule has 0 spiro atoms. The zero-order valence-corrected chi connectivity index (χ0v) is 11.3. The summed E-state index contributed by atoms with van der Waals surface area (Å²) < 4.78 is 5.20. The van der Waals surface area contributed by atoms with Crippen molar-refractivity contribution in [3.05, 3.63) is 42.5 Å². The molecule has 0 amide bonds. The van der Waals surface area contributed by atoms with E-state index in [9.17, 15) is 0 Å². The van der Waals surface area contributed by atoms with Crippen LogP contribution in [0.15, 0.2) is 47.4 Å². The van der Waals surface area contributed by atoms with Gasteiger partial charge in [0.1, 0.15) is 5.75 Å². The van der Waals surface area contributed by atoms with Gasteiger partial charge in [0.15, 0.2) is 0 Å². The molecule has 0 atom stereocenters. The minimum Gasteiger partial charge on any atom is -0.495 e. The van der Waals surface area contributed by atoms with Crippen LogP contribution in [0, 0.1) is 0 Å². The van der Waals surface area contributed by atoms with Gasteiger partial charge in [-0.25, -0.2) is 0 Å². The summed E-state index contributed by atoms with van der Waals surface area (Å²) in [5.41, 5.74) is 8.43. The maximum atomic E-state index is 5.78. The highest BCUT2D eigenvalue weighted by atomic mass is 32.2. The fourth-order valence-electron chi connectivity index (χ4n) is 1.66. The van der Waals surface area contributed by atoms with E-state index < -0.39 is 0 Å². The van der Waals surface area contributed by atoms with Gasteiger partial charge in [0, 0.05) is 22.3 Å². The number of nitrogens with two attached hydrogens (primary N) is 1. The zero-order valence-electron chi connectivity index (χ0n) is 10.4. The highest BCUT2D eigenvalue weighted by Gasteiger charge is 2.01. The topological polar surface area (TPSA) is 47.3 Å². The Morgan fingerprint density at radius 3 is 2.61 bits per heavy atom. The monoisotopic (exact) mass is 260 g/mol. The third-order valence-electron chi connectivity index (χ3n) is 2.59. The molecule has 0 aliphatic rings. The average molecular weight is 260 g/mol. The molecule has 3 nitrogen and oxygen atoms in total. The number of ether oxygens (including phenoxy) is 1. The maximum Gasteiger partial charge on any atom is 0.143 e. The highest BCUT2D eigenvalue weighted by molar-refractivity contribution is 7.98. The first-order valence-corrected chi connectivity index (χ1v) is 6.80. The van der Waals surface area contributed by atoms with E-state index in [0.29, 0.717) is 11.4 Å². The molecular weight excluding hydrogens is 244 g/mol. The second kappa shape index (κ2) is 5.69. The molecule has 0 saturated heterocycles. The number of rotatable bonds is 4. The van der Waals surface area contributed by atoms with Crippen molar-refractivity contribution in [1.29, 1.82) is 0 Å². The van der Waals surface area contributed by atoms with Gasteiger partial charge in [-0.05, 0) is 36.6 Å². The molecule has 94 valence electrons. The van der Waals surface area contributed by atoms with Crippen LogP contribution in [0.4, 0.5) is 17.1 Å². The molecule has 0 unspecified atom stereocenters. The van der Waals surface area contributed by atoms with Gasteiger partial charge in [-0.2, -0.15) is 0 Å². The summed E-state index contributed by atoms with van der Waals surface area (Å²) >= 11 is 1.72. The molecule has 2 aromatic rings. The Labute approximate surface area is 111 Å². The van der Waals surface area contributed by atoms with Crippen LogP contribution in [0.5, 0.6) is 5.75 Å². The number of hydrogen-bond donors (Lipinski definition) is 2. The van der Waals surface area contributed by atoms with Crippen molar-refractivity contribution < 1.29 is 4.74 Å². The predicted molar refractivity (Wildman–Crippen MR) is 78.9 cm³/mol. The van der Waals surface area contributed by atoms with E-state index in [1.54, 1.807) is 18.9 Å². The number of anilines is 3. The molecule has 0 aromatic heterocycles. The van der Waals surface area contributed by atoms with Crippen LogP contribution in [0.1, 0.15) is 0 Å². The Hall–Kier alpha value is -1.81. The van der Waals surface area contributed by atoms with Crippen molar-refractivity contribution in [2.75, 3.05) is 24.4 Å². The van der Waals surface area contributed by atoms with Crippen molar-refractivity contribution in [3.63, 3.8) is 0 Å². The fraction of sp³-hybridized carbons (Fsp3) is 0.143. The lowest BCUT2D eigenvalue weighted by Crippen LogP contribution is -1.95. The fourth-order valence-corrected chi connectivity index (χ4v) is 2.12. The van der Waals surface area contributed by atoms with Gasteiger partial charge in [-0.3, -0.25) is 0 Å². The molecule has 0 bridgehead atoms. The molecule has 0 heterocycles. The molecule has 0 aliphatic carbocycles. The van der Waals surface area contributed by atoms with Crippen LogP contribution in [0.25, 0.3) is 0 Å². The Balaban J connectivity index is 2.22. The Kier molecular flexibility index (Phi) is 3.99. The first-order chi connectivity index (χ1) is 8.72. The molecule has 18 heavy (non-hydrogen) atoms. The van der Waals surface area contributed by atoms with E-state index >= 15 is 0 Å². The van der Waals surface area contributed by atoms with E-state index in [1.807, 2.05) is 30.3 Å². The average Bonchev–Trinajstić information content (AvgIpc) is 2.41. The second-order valence-electron chi connectivity index (χ2n) is 3.81. The Morgan fingerprint density at radius 1 is 1.11 bits per heavy atom. The van der Waals surface area contributed by atoms with Crippen LogP contribution in [0.3, 0.4) is 0 Å². The first kappa shape index (κ1) is 12.6. The number of methoxy groups -OCH3 is 1. The number of thioether (sulfide) groups is 1. The summed E-state index contributed by atoms with van der Waals surface area (Å²) in [7, 11) is 1.61. The summed E-state index contributed by atoms with van der Waals surface area (Å²) in [6, 6.07) is 13.9. The van der Waals surface area contributed by atoms with Gasteiger partial charge in [0.25, 0.3) is 0 Å². The molecule has 2 aromatic carbocycles. The van der Waals surface area contributed by atoms with E-state index in [4.69, 9.17) is 10.5 Å². The van der Waals surface area contributed by atoms with Crippen LogP contribution < -0.4 is 15.8 Å². The van der Waals surface area contributed by atoms with E-state index in [0.717, 1.165) is 11.4 Å². The van der Waals surface area contributed by atoms with Gasteiger partial charge < -0.3 is 15.8 Å². The molecule has 3 N–H and O–H groups in total. The molecular formula is C14H16N2OS. The Bertz CT molecular complexity index is 543. The van der Waals surface area contributed by atoms with Gasteiger partial charge in [-0.15, -0.1) is 11.8 Å². The molecule has 0 saturated carbocycles. The number of hydrogen-bond acceptors (Lipinski definition) is 4. The smallest absolute Gasteiger partial charge is 0.143 e. The first-order valence-electron chi connectivity index (χ1n) is 5.57. The molecule has 0 aliphatic heterocycles. The van der Waals surface area contributed by atoms with Gasteiger partial charge in [0.05, 0.1) is 12.8 Å². The summed E-state index contributed by atoms with van der Waals surface area (Å²) in [4.78, 5) is 1.22. The maximum absolute atomic E-state index is 5.78. The van der Waals surface area contributed by atoms with Crippen molar-refractivity contribution >= 4 is 28.8 Å². The second-order valence-corrected chi connectivity index (χ2v) is 4.69. The molecule has 0 fully saturated rings. The normalized spacial score (nSPS) is 10.1. The number of nitrogen functional groups attached to an aromatic ring is 1. The Morgan fingerprint density at radius 2 is 1.89 bits per heavy atom.